The number of carbonyl (C=O) groups excluding carboxylic acids is 2. The Morgan fingerprint density at radius 3 is 2.50 bits per heavy atom. The van der Waals surface area contributed by atoms with Gasteiger partial charge in [-0.3, -0.25) is 4.79 Å². The molecule has 0 aliphatic heterocycles. The van der Waals surface area contributed by atoms with Crippen molar-refractivity contribution in [2.75, 3.05) is 13.1 Å². The molecule has 0 spiro atoms. The summed E-state index contributed by atoms with van der Waals surface area (Å²) in [6, 6.07) is 0.228. The van der Waals surface area contributed by atoms with Crippen LogP contribution in [-0.4, -0.2) is 36.7 Å². The van der Waals surface area contributed by atoms with Crippen LogP contribution in [0.5, 0.6) is 0 Å². The maximum Gasteiger partial charge on any atom is 0.407 e. The Kier molecular flexibility index (Phi) is 6.26. The molecular weight excluding hydrogens is 258 g/mol. The Balaban J connectivity index is 2.38. The van der Waals surface area contributed by atoms with Gasteiger partial charge in [-0.15, -0.1) is 0 Å². The van der Waals surface area contributed by atoms with Crippen LogP contribution in [0.25, 0.3) is 0 Å². The van der Waals surface area contributed by atoms with E-state index in [9.17, 15) is 9.59 Å². The fourth-order valence-corrected chi connectivity index (χ4v) is 2.48. The summed E-state index contributed by atoms with van der Waals surface area (Å²) < 4.78 is 5.22. The molecular formula is C14H27N3O3. The van der Waals surface area contributed by atoms with E-state index in [1.54, 1.807) is 0 Å². The predicted molar refractivity (Wildman–Crippen MR) is 77.2 cm³/mol. The van der Waals surface area contributed by atoms with Crippen LogP contribution in [0, 0.1) is 5.92 Å². The molecule has 2 amide bonds. The average molecular weight is 285 g/mol. The monoisotopic (exact) mass is 285 g/mol. The molecule has 0 aromatic carbocycles. The van der Waals surface area contributed by atoms with Gasteiger partial charge in [0.15, 0.2) is 0 Å². The van der Waals surface area contributed by atoms with Crippen molar-refractivity contribution >= 4 is 12.0 Å². The van der Waals surface area contributed by atoms with Crippen molar-refractivity contribution in [3.8, 4) is 0 Å². The standard InChI is InChI=1S/C14H27N3O3/c1-14(2,3)20-13(19)17-8-10-6-4-5-7-11(10)16-9-12(15)18/h10-11,16H,4-9H2,1-3H3,(H2,15,18)(H,17,19). The first-order valence-corrected chi connectivity index (χ1v) is 7.26. The van der Waals surface area contributed by atoms with E-state index < -0.39 is 11.7 Å². The van der Waals surface area contributed by atoms with Crippen LogP contribution in [0.15, 0.2) is 0 Å². The summed E-state index contributed by atoms with van der Waals surface area (Å²) in [7, 11) is 0. The zero-order valence-electron chi connectivity index (χ0n) is 12.7. The van der Waals surface area contributed by atoms with Gasteiger partial charge in [0.05, 0.1) is 6.54 Å². The minimum absolute atomic E-state index is 0.188. The summed E-state index contributed by atoms with van der Waals surface area (Å²) in [5, 5.41) is 5.99. The van der Waals surface area contributed by atoms with Gasteiger partial charge in [-0.05, 0) is 39.5 Å². The zero-order valence-corrected chi connectivity index (χ0v) is 12.7. The third kappa shape index (κ3) is 6.75. The van der Waals surface area contributed by atoms with Crippen LogP contribution < -0.4 is 16.4 Å². The van der Waals surface area contributed by atoms with Crippen LogP contribution in [0.3, 0.4) is 0 Å². The van der Waals surface area contributed by atoms with E-state index in [4.69, 9.17) is 10.5 Å². The lowest BCUT2D eigenvalue weighted by molar-refractivity contribution is -0.117. The molecule has 0 heterocycles. The number of hydrogen-bond donors (Lipinski definition) is 3. The molecule has 0 saturated heterocycles. The molecule has 20 heavy (non-hydrogen) atoms. The molecule has 0 bridgehead atoms. The Morgan fingerprint density at radius 1 is 1.25 bits per heavy atom. The highest BCUT2D eigenvalue weighted by atomic mass is 16.6. The second kappa shape index (κ2) is 7.47. The van der Waals surface area contributed by atoms with Gasteiger partial charge in [0.1, 0.15) is 5.60 Å². The van der Waals surface area contributed by atoms with E-state index in [1.165, 1.54) is 0 Å². The van der Waals surface area contributed by atoms with E-state index in [0.717, 1.165) is 25.7 Å². The highest BCUT2D eigenvalue weighted by Gasteiger charge is 2.26. The maximum atomic E-state index is 11.6. The lowest BCUT2D eigenvalue weighted by atomic mass is 9.84. The van der Waals surface area contributed by atoms with E-state index in [-0.39, 0.29) is 18.5 Å². The van der Waals surface area contributed by atoms with Gasteiger partial charge < -0.3 is 21.1 Å². The minimum Gasteiger partial charge on any atom is -0.444 e. The van der Waals surface area contributed by atoms with Crippen molar-refractivity contribution in [3.63, 3.8) is 0 Å². The number of rotatable bonds is 5. The molecule has 6 heteroatoms. The SMILES string of the molecule is CC(C)(C)OC(=O)NCC1CCCCC1NCC(N)=O. The molecule has 2 atom stereocenters. The number of nitrogens with two attached hydrogens (primary N) is 1. The molecule has 2 unspecified atom stereocenters. The fraction of sp³-hybridized carbons (Fsp3) is 0.857. The first kappa shape index (κ1) is 16.8. The Hall–Kier alpha value is -1.30. The largest absolute Gasteiger partial charge is 0.444 e. The maximum absolute atomic E-state index is 11.6. The number of primary amides is 1. The number of amides is 2. The normalized spacial score (nSPS) is 23.1. The third-order valence-electron chi connectivity index (χ3n) is 3.36. The summed E-state index contributed by atoms with van der Waals surface area (Å²) in [6.07, 6.45) is 3.94. The summed E-state index contributed by atoms with van der Waals surface area (Å²) >= 11 is 0. The van der Waals surface area contributed by atoms with E-state index in [0.29, 0.717) is 12.5 Å². The van der Waals surface area contributed by atoms with Gasteiger partial charge >= 0.3 is 6.09 Å². The molecule has 0 radical (unpaired) electrons. The van der Waals surface area contributed by atoms with Gasteiger partial charge in [-0.2, -0.15) is 0 Å². The molecule has 1 saturated carbocycles. The first-order chi connectivity index (χ1) is 9.28. The Labute approximate surface area is 120 Å². The molecule has 4 N–H and O–H groups in total. The lowest BCUT2D eigenvalue weighted by Gasteiger charge is -2.32. The molecule has 1 fully saturated rings. The minimum atomic E-state index is -0.486. The van der Waals surface area contributed by atoms with Crippen LogP contribution >= 0.6 is 0 Å². The van der Waals surface area contributed by atoms with E-state index in [1.807, 2.05) is 20.8 Å². The number of alkyl carbamates (subject to hydrolysis) is 1. The number of nitrogens with one attached hydrogen (secondary N) is 2. The van der Waals surface area contributed by atoms with Crippen LogP contribution in [0.1, 0.15) is 46.5 Å². The third-order valence-corrected chi connectivity index (χ3v) is 3.36. The van der Waals surface area contributed by atoms with E-state index >= 15 is 0 Å². The van der Waals surface area contributed by atoms with Crippen molar-refractivity contribution in [2.45, 2.75) is 58.1 Å². The summed E-state index contributed by atoms with van der Waals surface area (Å²) in [5.74, 6) is -0.0370. The fourth-order valence-electron chi connectivity index (χ4n) is 2.48. The molecule has 0 aromatic rings. The van der Waals surface area contributed by atoms with Crippen molar-refractivity contribution in [1.82, 2.24) is 10.6 Å². The molecule has 0 aromatic heterocycles. The van der Waals surface area contributed by atoms with Crippen molar-refractivity contribution in [2.24, 2.45) is 11.7 Å². The summed E-state index contributed by atoms with van der Waals surface area (Å²) in [6.45, 7) is 6.26. The number of ether oxygens (including phenoxy) is 1. The second-order valence-corrected chi connectivity index (χ2v) is 6.38. The van der Waals surface area contributed by atoms with Crippen LogP contribution in [-0.2, 0) is 9.53 Å². The first-order valence-electron chi connectivity index (χ1n) is 7.26. The summed E-state index contributed by atoms with van der Waals surface area (Å²) in [5.41, 5.74) is 4.67. The number of carbonyl (C=O) groups is 2. The topological polar surface area (TPSA) is 93.4 Å². The van der Waals surface area contributed by atoms with Gasteiger partial charge in [0, 0.05) is 12.6 Å². The van der Waals surface area contributed by atoms with Crippen molar-refractivity contribution in [1.29, 1.82) is 0 Å². The van der Waals surface area contributed by atoms with Crippen LogP contribution in [0.2, 0.25) is 0 Å². The highest BCUT2D eigenvalue weighted by Crippen LogP contribution is 2.23. The second-order valence-electron chi connectivity index (χ2n) is 6.38. The van der Waals surface area contributed by atoms with Crippen molar-refractivity contribution < 1.29 is 14.3 Å². The Morgan fingerprint density at radius 2 is 1.90 bits per heavy atom. The number of hydrogen-bond acceptors (Lipinski definition) is 4. The Bertz CT molecular complexity index is 339. The lowest BCUT2D eigenvalue weighted by Crippen LogP contribution is -2.47. The molecule has 1 aliphatic carbocycles. The zero-order chi connectivity index (χ0) is 15.2. The van der Waals surface area contributed by atoms with Gasteiger partial charge in [-0.25, -0.2) is 4.79 Å². The van der Waals surface area contributed by atoms with E-state index in [2.05, 4.69) is 10.6 Å². The summed E-state index contributed by atoms with van der Waals surface area (Å²) in [4.78, 5) is 22.5. The van der Waals surface area contributed by atoms with Gasteiger partial charge in [0.25, 0.3) is 0 Å². The predicted octanol–water partition coefficient (Wildman–Crippen LogP) is 1.14. The van der Waals surface area contributed by atoms with Gasteiger partial charge in [0.2, 0.25) is 5.91 Å². The smallest absolute Gasteiger partial charge is 0.407 e. The molecule has 116 valence electrons. The quantitative estimate of drug-likeness (QED) is 0.706. The van der Waals surface area contributed by atoms with Gasteiger partial charge in [-0.1, -0.05) is 12.8 Å². The van der Waals surface area contributed by atoms with Crippen molar-refractivity contribution in [3.05, 3.63) is 0 Å². The highest BCUT2D eigenvalue weighted by molar-refractivity contribution is 5.75. The van der Waals surface area contributed by atoms with Crippen LogP contribution in [0.4, 0.5) is 4.79 Å². The molecule has 1 rings (SSSR count). The molecule has 1 aliphatic rings. The molecule has 6 nitrogen and oxygen atoms in total. The average Bonchev–Trinajstić information content (AvgIpc) is 2.32.